The van der Waals surface area contributed by atoms with Crippen LogP contribution in [0.4, 0.5) is 9.18 Å². The van der Waals surface area contributed by atoms with Crippen molar-refractivity contribution < 1.29 is 33.3 Å². The summed E-state index contributed by atoms with van der Waals surface area (Å²) >= 11 is 0. The first-order chi connectivity index (χ1) is 18.2. The Hall–Kier alpha value is -3.47. The summed E-state index contributed by atoms with van der Waals surface area (Å²) in [4.78, 5) is 36.3. The SMILES string of the molecule is Cc1c(Oc2ccc(CC(=O)N3CCCC(O)C3)cc2F)ncnc1OC1CCN(C(=O)OC(C)C)CC1. The molecule has 1 atom stereocenters. The number of halogens is 1. The summed E-state index contributed by atoms with van der Waals surface area (Å²) in [5.41, 5.74) is 1.04. The molecule has 3 heterocycles. The number of aliphatic hydroxyl groups is 1. The van der Waals surface area contributed by atoms with E-state index in [9.17, 15) is 19.1 Å². The normalized spacial score (nSPS) is 18.4. The summed E-state index contributed by atoms with van der Waals surface area (Å²) in [7, 11) is 0. The molecule has 0 spiro atoms. The lowest BCUT2D eigenvalue weighted by atomic mass is 10.1. The largest absolute Gasteiger partial charge is 0.474 e. The molecule has 10 nitrogen and oxygen atoms in total. The molecule has 11 heteroatoms. The third-order valence-electron chi connectivity index (χ3n) is 6.61. The Morgan fingerprint density at radius 3 is 2.53 bits per heavy atom. The van der Waals surface area contributed by atoms with Crippen LogP contribution in [0, 0.1) is 12.7 Å². The molecule has 2 fully saturated rings. The number of β-amino-alcohol motifs (C(OH)–C–C–N with tert-alkyl or cyclic N) is 1. The van der Waals surface area contributed by atoms with Gasteiger partial charge < -0.3 is 29.1 Å². The maximum Gasteiger partial charge on any atom is 0.410 e. The van der Waals surface area contributed by atoms with E-state index in [0.717, 1.165) is 6.42 Å². The van der Waals surface area contributed by atoms with Gasteiger partial charge in [-0.25, -0.2) is 19.2 Å². The van der Waals surface area contributed by atoms with Crippen LogP contribution < -0.4 is 9.47 Å². The zero-order chi connectivity index (χ0) is 27.2. The van der Waals surface area contributed by atoms with E-state index < -0.39 is 11.9 Å². The summed E-state index contributed by atoms with van der Waals surface area (Å²) in [6.45, 7) is 7.30. The number of aliphatic hydroxyl groups excluding tert-OH is 1. The minimum atomic E-state index is -0.616. The van der Waals surface area contributed by atoms with E-state index in [-0.39, 0.29) is 42.3 Å². The van der Waals surface area contributed by atoms with E-state index in [1.807, 2.05) is 13.8 Å². The average Bonchev–Trinajstić information content (AvgIpc) is 2.88. The Labute approximate surface area is 221 Å². The molecule has 38 heavy (non-hydrogen) atoms. The van der Waals surface area contributed by atoms with Crippen molar-refractivity contribution >= 4 is 12.0 Å². The second-order valence-electron chi connectivity index (χ2n) is 10.0. The van der Waals surface area contributed by atoms with Crippen molar-refractivity contribution in [1.82, 2.24) is 19.8 Å². The zero-order valence-electron chi connectivity index (χ0n) is 22.1. The van der Waals surface area contributed by atoms with E-state index in [0.29, 0.717) is 62.4 Å². The highest BCUT2D eigenvalue weighted by Gasteiger charge is 2.27. The second-order valence-corrected chi connectivity index (χ2v) is 10.0. The fraction of sp³-hybridized carbons (Fsp3) is 0.556. The molecule has 1 unspecified atom stereocenters. The maximum absolute atomic E-state index is 14.9. The van der Waals surface area contributed by atoms with Crippen LogP contribution >= 0.6 is 0 Å². The minimum Gasteiger partial charge on any atom is -0.474 e. The number of hydrogen-bond donors (Lipinski definition) is 1. The molecule has 2 aromatic rings. The molecule has 1 aromatic heterocycles. The molecule has 206 valence electrons. The molecule has 0 aliphatic carbocycles. The van der Waals surface area contributed by atoms with Crippen molar-refractivity contribution in [3.8, 4) is 17.5 Å². The number of piperidine rings is 2. The third-order valence-corrected chi connectivity index (χ3v) is 6.61. The van der Waals surface area contributed by atoms with Crippen LogP contribution in [-0.2, 0) is 16.0 Å². The average molecular weight is 531 g/mol. The van der Waals surface area contributed by atoms with Crippen molar-refractivity contribution in [3.05, 3.63) is 41.5 Å². The monoisotopic (exact) mass is 530 g/mol. The number of hydrogen-bond acceptors (Lipinski definition) is 8. The Morgan fingerprint density at radius 1 is 1.11 bits per heavy atom. The highest BCUT2D eigenvalue weighted by Crippen LogP contribution is 2.31. The molecular weight excluding hydrogens is 495 g/mol. The molecule has 0 radical (unpaired) electrons. The van der Waals surface area contributed by atoms with Crippen molar-refractivity contribution in [2.75, 3.05) is 26.2 Å². The second kappa shape index (κ2) is 12.4. The lowest BCUT2D eigenvalue weighted by Crippen LogP contribution is -2.42. The zero-order valence-corrected chi connectivity index (χ0v) is 22.1. The van der Waals surface area contributed by atoms with Gasteiger partial charge in [0.05, 0.1) is 24.2 Å². The molecule has 1 N–H and O–H groups in total. The molecular formula is C27H35FN4O6. The summed E-state index contributed by atoms with van der Waals surface area (Å²) in [5.74, 6) is -0.287. The van der Waals surface area contributed by atoms with Gasteiger partial charge in [0.1, 0.15) is 12.4 Å². The van der Waals surface area contributed by atoms with Crippen molar-refractivity contribution in [1.29, 1.82) is 0 Å². The van der Waals surface area contributed by atoms with Crippen LogP contribution in [0.2, 0.25) is 0 Å². The molecule has 2 aliphatic rings. The number of ether oxygens (including phenoxy) is 3. The predicted octanol–water partition coefficient (Wildman–Crippen LogP) is 3.63. The van der Waals surface area contributed by atoms with Gasteiger partial charge in [-0.3, -0.25) is 4.79 Å². The number of aromatic nitrogens is 2. The van der Waals surface area contributed by atoms with Crippen LogP contribution in [0.25, 0.3) is 0 Å². The molecule has 2 saturated heterocycles. The van der Waals surface area contributed by atoms with Crippen LogP contribution in [-0.4, -0.2) is 81.4 Å². The molecule has 2 amide bonds. The number of nitrogens with zero attached hydrogens (tertiary/aromatic N) is 4. The topological polar surface area (TPSA) is 114 Å². The van der Waals surface area contributed by atoms with E-state index in [2.05, 4.69) is 9.97 Å². The summed E-state index contributed by atoms with van der Waals surface area (Å²) in [6.07, 6.45) is 2.88. The van der Waals surface area contributed by atoms with Gasteiger partial charge in [-0.15, -0.1) is 0 Å². The van der Waals surface area contributed by atoms with Crippen LogP contribution in [0.15, 0.2) is 24.5 Å². The fourth-order valence-electron chi connectivity index (χ4n) is 4.54. The lowest BCUT2D eigenvalue weighted by molar-refractivity contribution is -0.133. The molecule has 0 saturated carbocycles. The van der Waals surface area contributed by atoms with E-state index in [4.69, 9.17) is 14.2 Å². The first-order valence-corrected chi connectivity index (χ1v) is 13.1. The quantitative estimate of drug-likeness (QED) is 0.577. The van der Waals surface area contributed by atoms with Crippen LogP contribution in [0.1, 0.15) is 50.7 Å². The fourth-order valence-corrected chi connectivity index (χ4v) is 4.54. The van der Waals surface area contributed by atoms with E-state index >= 15 is 0 Å². The molecule has 4 rings (SSSR count). The van der Waals surface area contributed by atoms with Gasteiger partial charge in [0.15, 0.2) is 11.6 Å². The highest BCUT2D eigenvalue weighted by atomic mass is 19.1. The van der Waals surface area contributed by atoms with Gasteiger partial charge in [-0.2, -0.15) is 0 Å². The highest BCUT2D eigenvalue weighted by molar-refractivity contribution is 5.79. The van der Waals surface area contributed by atoms with E-state index in [1.165, 1.54) is 18.5 Å². The Morgan fingerprint density at radius 2 is 1.84 bits per heavy atom. The molecule has 2 aliphatic heterocycles. The number of rotatable bonds is 7. The first kappa shape index (κ1) is 27.6. The molecule has 0 bridgehead atoms. The van der Waals surface area contributed by atoms with Gasteiger partial charge in [0, 0.05) is 39.0 Å². The maximum atomic E-state index is 14.9. The molecule has 1 aromatic carbocycles. The van der Waals surface area contributed by atoms with Gasteiger partial charge in [0.25, 0.3) is 0 Å². The Kier molecular flexibility index (Phi) is 8.98. The number of benzene rings is 1. The smallest absolute Gasteiger partial charge is 0.410 e. The van der Waals surface area contributed by atoms with Crippen LogP contribution in [0.3, 0.4) is 0 Å². The van der Waals surface area contributed by atoms with Gasteiger partial charge >= 0.3 is 6.09 Å². The summed E-state index contributed by atoms with van der Waals surface area (Å²) in [5, 5.41) is 9.80. The van der Waals surface area contributed by atoms with Crippen molar-refractivity contribution in [2.24, 2.45) is 0 Å². The van der Waals surface area contributed by atoms with Crippen molar-refractivity contribution in [2.45, 2.75) is 71.2 Å². The number of carbonyl (C=O) groups is 2. The predicted molar refractivity (Wildman–Crippen MR) is 136 cm³/mol. The number of likely N-dealkylation sites (tertiary alicyclic amines) is 2. The standard InChI is InChI=1S/C27H35FN4O6/c1-17(2)36-27(35)31-11-8-21(9-12-31)37-25-18(3)26(30-16-29-25)38-23-7-6-19(13-22(23)28)14-24(34)32-10-4-5-20(33)15-32/h6-7,13,16-17,20-21,33H,4-5,8-12,14-15H2,1-3H3. The van der Waals surface area contributed by atoms with Gasteiger partial charge in [-0.05, 0) is 51.3 Å². The Balaban J connectivity index is 1.34. The number of amides is 2. The first-order valence-electron chi connectivity index (χ1n) is 13.1. The van der Waals surface area contributed by atoms with Gasteiger partial charge in [-0.1, -0.05) is 6.07 Å². The summed E-state index contributed by atoms with van der Waals surface area (Å²) < 4.78 is 31.9. The third kappa shape index (κ3) is 7.09. The van der Waals surface area contributed by atoms with E-state index in [1.54, 1.807) is 22.8 Å². The van der Waals surface area contributed by atoms with Gasteiger partial charge in [0.2, 0.25) is 17.7 Å². The lowest BCUT2D eigenvalue weighted by Gasteiger charge is -2.31. The Bertz CT molecular complexity index is 1140. The minimum absolute atomic E-state index is 0.0284. The summed E-state index contributed by atoms with van der Waals surface area (Å²) in [6, 6.07) is 4.39. The van der Waals surface area contributed by atoms with Crippen LogP contribution in [0.5, 0.6) is 17.5 Å². The number of carbonyl (C=O) groups excluding carboxylic acids is 2. The van der Waals surface area contributed by atoms with Crippen molar-refractivity contribution in [3.63, 3.8) is 0 Å².